The molecule has 1 heterocycles. The molecule has 0 atom stereocenters. The molecule has 2 aromatic carbocycles. The molecule has 7 heteroatoms. The van der Waals surface area contributed by atoms with Crippen molar-refractivity contribution < 1.29 is 9.53 Å². The molecular weight excluding hydrogens is 466 g/mol. The fraction of sp³-hybridized carbons (Fsp3) is 0.261. The van der Waals surface area contributed by atoms with Crippen LogP contribution in [0.5, 0.6) is 0 Å². The summed E-state index contributed by atoms with van der Waals surface area (Å²) in [6.07, 6.45) is 2.77. The Bertz CT molecular complexity index is 959. The van der Waals surface area contributed by atoms with E-state index in [1.807, 2.05) is 66.9 Å². The second-order valence-corrected chi connectivity index (χ2v) is 8.25. The van der Waals surface area contributed by atoms with E-state index in [0.29, 0.717) is 26.2 Å². The molecule has 0 aliphatic heterocycles. The molecule has 0 saturated heterocycles. The third kappa shape index (κ3) is 6.36. The van der Waals surface area contributed by atoms with Crippen LogP contribution in [0.15, 0.2) is 71.3 Å². The Morgan fingerprint density at radius 3 is 2.63 bits per heavy atom. The van der Waals surface area contributed by atoms with E-state index < -0.39 is 0 Å². The summed E-state index contributed by atoms with van der Waals surface area (Å²) in [5.74, 6) is 0. The first-order chi connectivity index (χ1) is 14.6. The number of hydrogen-bond acceptors (Lipinski definition) is 2. The Morgan fingerprint density at radius 1 is 1.13 bits per heavy atom. The molecule has 0 spiro atoms. The monoisotopic (exact) mass is 489 g/mol. The second kappa shape index (κ2) is 11.2. The van der Waals surface area contributed by atoms with Gasteiger partial charge in [0, 0.05) is 53.9 Å². The number of nitrogens with one attached hydrogen (secondary N) is 1. The highest BCUT2D eigenvalue weighted by Gasteiger charge is 2.16. The summed E-state index contributed by atoms with van der Waals surface area (Å²) in [7, 11) is 1.67. The molecule has 3 aromatic rings. The second-order valence-electron chi connectivity index (χ2n) is 6.92. The molecule has 0 aliphatic rings. The van der Waals surface area contributed by atoms with Crippen LogP contribution >= 0.6 is 27.5 Å². The van der Waals surface area contributed by atoms with E-state index in [2.05, 4.69) is 25.8 Å². The molecule has 1 N–H and O–H groups in total. The molecule has 5 nitrogen and oxygen atoms in total. The number of anilines is 1. The lowest BCUT2D eigenvalue weighted by Gasteiger charge is -2.24. The maximum atomic E-state index is 13.0. The van der Waals surface area contributed by atoms with Gasteiger partial charge in [0.05, 0.1) is 6.54 Å². The average Bonchev–Trinajstić information content (AvgIpc) is 3.17. The minimum atomic E-state index is -0.140. The lowest BCUT2D eigenvalue weighted by molar-refractivity contribution is 0.171. The fourth-order valence-corrected chi connectivity index (χ4v) is 3.60. The molecule has 2 amide bonds. The Labute approximate surface area is 190 Å². The number of ether oxygens (including phenoxy) is 1. The largest absolute Gasteiger partial charge is 0.385 e. The Morgan fingerprint density at radius 2 is 1.90 bits per heavy atom. The summed E-state index contributed by atoms with van der Waals surface area (Å²) >= 11 is 9.74. The number of carbonyl (C=O) groups excluding carboxylic acids is 1. The van der Waals surface area contributed by atoms with Gasteiger partial charge >= 0.3 is 6.03 Å². The number of carbonyl (C=O) groups is 1. The molecule has 1 aromatic heterocycles. The first kappa shape index (κ1) is 22.4. The van der Waals surface area contributed by atoms with Crippen LogP contribution in [0.2, 0.25) is 5.02 Å². The quantitative estimate of drug-likeness (QED) is 0.373. The molecule has 0 aliphatic carbocycles. The van der Waals surface area contributed by atoms with Gasteiger partial charge in [0.15, 0.2) is 0 Å². The van der Waals surface area contributed by atoms with Crippen LogP contribution in [0.1, 0.15) is 17.7 Å². The van der Waals surface area contributed by atoms with Crippen LogP contribution in [-0.4, -0.2) is 35.8 Å². The average molecular weight is 491 g/mol. The van der Waals surface area contributed by atoms with Crippen molar-refractivity contribution in [3.05, 3.63) is 87.6 Å². The van der Waals surface area contributed by atoms with Crippen LogP contribution in [0, 0.1) is 0 Å². The summed E-state index contributed by atoms with van der Waals surface area (Å²) in [4.78, 5) is 14.8. The van der Waals surface area contributed by atoms with E-state index in [1.54, 1.807) is 12.0 Å². The Balaban J connectivity index is 1.73. The van der Waals surface area contributed by atoms with Crippen molar-refractivity contribution in [3.8, 4) is 0 Å². The predicted octanol–water partition coefficient (Wildman–Crippen LogP) is 6.02. The van der Waals surface area contributed by atoms with Gasteiger partial charge in [-0.3, -0.25) is 0 Å². The van der Waals surface area contributed by atoms with Crippen molar-refractivity contribution >= 4 is 39.2 Å². The Hall–Kier alpha value is -2.28. The highest BCUT2D eigenvalue weighted by atomic mass is 79.9. The lowest BCUT2D eigenvalue weighted by atomic mass is 10.2. The number of nitrogens with zero attached hydrogens (tertiary/aromatic N) is 2. The van der Waals surface area contributed by atoms with Crippen molar-refractivity contribution in [2.45, 2.75) is 19.5 Å². The van der Waals surface area contributed by atoms with E-state index in [1.165, 1.54) is 0 Å². The van der Waals surface area contributed by atoms with Gasteiger partial charge in [-0.2, -0.15) is 0 Å². The van der Waals surface area contributed by atoms with Crippen LogP contribution in [-0.2, 0) is 17.8 Å². The zero-order valence-corrected chi connectivity index (χ0v) is 19.2. The third-order valence-corrected chi connectivity index (χ3v) is 5.63. The Kier molecular flexibility index (Phi) is 8.37. The number of benzene rings is 2. The summed E-state index contributed by atoms with van der Waals surface area (Å²) in [5.41, 5.74) is 2.84. The molecule has 3 rings (SSSR count). The normalized spacial score (nSPS) is 10.8. The van der Waals surface area contributed by atoms with E-state index in [4.69, 9.17) is 16.3 Å². The first-order valence-electron chi connectivity index (χ1n) is 9.74. The van der Waals surface area contributed by atoms with Gasteiger partial charge in [0.25, 0.3) is 0 Å². The molecule has 158 valence electrons. The summed E-state index contributed by atoms with van der Waals surface area (Å²) < 4.78 is 8.26. The van der Waals surface area contributed by atoms with Crippen molar-refractivity contribution in [2.24, 2.45) is 0 Å². The van der Waals surface area contributed by atoms with Gasteiger partial charge in [0.2, 0.25) is 0 Å². The zero-order valence-electron chi connectivity index (χ0n) is 16.9. The highest BCUT2D eigenvalue weighted by molar-refractivity contribution is 9.10. The zero-order chi connectivity index (χ0) is 21.3. The standard InChI is InChI=1S/C23H25BrClN3O2/c1-30-15-5-14-28(23(29)26-20-11-9-19(24)10-12-20)17-21-7-4-13-27(21)16-18-6-2-3-8-22(18)25/h2-4,6-13H,5,14-17H2,1H3,(H,26,29). The maximum absolute atomic E-state index is 13.0. The van der Waals surface area contributed by atoms with Gasteiger partial charge in [-0.1, -0.05) is 45.7 Å². The van der Waals surface area contributed by atoms with E-state index >= 15 is 0 Å². The van der Waals surface area contributed by atoms with Crippen molar-refractivity contribution in [2.75, 3.05) is 25.6 Å². The number of urea groups is 1. The number of hydrogen-bond donors (Lipinski definition) is 1. The SMILES string of the molecule is COCCCN(Cc1cccn1Cc1ccccc1Cl)C(=O)Nc1ccc(Br)cc1. The first-order valence-corrected chi connectivity index (χ1v) is 10.9. The van der Waals surface area contributed by atoms with E-state index in [-0.39, 0.29) is 6.03 Å². The van der Waals surface area contributed by atoms with Crippen molar-refractivity contribution in [1.29, 1.82) is 0 Å². The molecule has 0 unspecified atom stereocenters. The van der Waals surface area contributed by atoms with E-state index in [0.717, 1.165) is 32.9 Å². The van der Waals surface area contributed by atoms with Gasteiger partial charge in [0.1, 0.15) is 0 Å². The molecule has 30 heavy (non-hydrogen) atoms. The van der Waals surface area contributed by atoms with Crippen LogP contribution in [0.3, 0.4) is 0 Å². The van der Waals surface area contributed by atoms with Gasteiger partial charge in [-0.05, 0) is 54.4 Å². The highest BCUT2D eigenvalue weighted by Crippen LogP contribution is 2.19. The number of rotatable bonds is 9. The number of halogens is 2. The van der Waals surface area contributed by atoms with Crippen molar-refractivity contribution in [1.82, 2.24) is 9.47 Å². The maximum Gasteiger partial charge on any atom is 0.322 e. The van der Waals surface area contributed by atoms with Gasteiger partial charge in [-0.15, -0.1) is 0 Å². The van der Waals surface area contributed by atoms with E-state index in [9.17, 15) is 4.79 Å². The predicted molar refractivity (Wildman–Crippen MR) is 125 cm³/mol. The summed E-state index contributed by atoms with van der Waals surface area (Å²) in [5, 5.41) is 3.72. The molecule has 0 saturated carbocycles. The van der Waals surface area contributed by atoms with Gasteiger partial charge in [-0.25, -0.2) is 4.79 Å². The smallest absolute Gasteiger partial charge is 0.322 e. The number of amides is 2. The minimum absolute atomic E-state index is 0.140. The van der Waals surface area contributed by atoms with Crippen LogP contribution in [0.4, 0.5) is 10.5 Å². The number of methoxy groups -OCH3 is 1. The molecule has 0 bridgehead atoms. The molecular formula is C23H25BrClN3O2. The summed E-state index contributed by atoms with van der Waals surface area (Å²) in [6, 6.07) is 19.2. The molecule has 0 fully saturated rings. The number of aromatic nitrogens is 1. The summed E-state index contributed by atoms with van der Waals surface area (Å²) in [6.45, 7) is 2.34. The van der Waals surface area contributed by atoms with Gasteiger partial charge < -0.3 is 19.5 Å². The van der Waals surface area contributed by atoms with Crippen LogP contribution in [0.25, 0.3) is 0 Å². The van der Waals surface area contributed by atoms with Crippen molar-refractivity contribution in [3.63, 3.8) is 0 Å². The third-order valence-electron chi connectivity index (χ3n) is 4.73. The molecule has 0 radical (unpaired) electrons. The lowest BCUT2D eigenvalue weighted by Crippen LogP contribution is -2.36. The topological polar surface area (TPSA) is 46.5 Å². The fourth-order valence-electron chi connectivity index (χ4n) is 3.14. The minimum Gasteiger partial charge on any atom is -0.385 e. The van der Waals surface area contributed by atoms with Crippen LogP contribution < -0.4 is 5.32 Å².